The first kappa shape index (κ1) is 17.1. The molecule has 0 saturated carbocycles. The molecule has 0 spiro atoms. The second kappa shape index (κ2) is 7.13. The third-order valence-corrected chi connectivity index (χ3v) is 4.55. The van der Waals surface area contributed by atoms with Crippen molar-refractivity contribution in [2.75, 3.05) is 18.9 Å². The van der Waals surface area contributed by atoms with E-state index >= 15 is 0 Å². The van der Waals surface area contributed by atoms with E-state index in [-0.39, 0.29) is 19.2 Å². The molecule has 26 heavy (non-hydrogen) atoms. The summed E-state index contributed by atoms with van der Waals surface area (Å²) in [6.07, 6.45) is 0.502. The van der Waals surface area contributed by atoms with E-state index in [2.05, 4.69) is 37.5 Å². The van der Waals surface area contributed by atoms with E-state index in [1.165, 1.54) is 0 Å². The molecule has 0 aliphatic carbocycles. The fourth-order valence-electron chi connectivity index (χ4n) is 2.59. The molecule has 0 amide bonds. The van der Waals surface area contributed by atoms with Crippen LogP contribution in [0.5, 0.6) is 0 Å². The number of fused-ring (bicyclic) bond motifs is 1. The van der Waals surface area contributed by atoms with Crippen LogP contribution in [0, 0.1) is 3.70 Å². The number of imidazole rings is 1. The first-order valence-corrected chi connectivity index (χ1v) is 8.84. The molecule has 3 aromatic rings. The highest BCUT2D eigenvalue weighted by Gasteiger charge is 2.30. The normalized spacial score (nSPS) is 19.7. The van der Waals surface area contributed by atoms with Crippen LogP contribution < -0.4 is 5.73 Å². The molecule has 9 nitrogen and oxygen atoms in total. The van der Waals surface area contributed by atoms with Gasteiger partial charge in [-0.15, -0.1) is 0 Å². The number of carbonyl (C=O) groups excluding carboxylic acids is 1. The Balaban J connectivity index is 1.42. The molecular weight excluding hydrogens is 453 g/mol. The maximum Gasteiger partial charge on any atom is 0.338 e. The summed E-state index contributed by atoms with van der Waals surface area (Å²) in [4.78, 5) is 24.6. The first-order valence-electron chi connectivity index (χ1n) is 7.76. The Hall–Kier alpha value is -2.31. The zero-order valence-corrected chi connectivity index (χ0v) is 15.6. The van der Waals surface area contributed by atoms with Gasteiger partial charge >= 0.3 is 5.97 Å². The molecule has 10 heteroatoms. The van der Waals surface area contributed by atoms with Gasteiger partial charge in [0.25, 0.3) is 0 Å². The van der Waals surface area contributed by atoms with Gasteiger partial charge in [0, 0.05) is 0 Å². The van der Waals surface area contributed by atoms with E-state index in [1.807, 2.05) is 6.07 Å². The molecule has 4 rings (SSSR count). The number of nitrogens with two attached hydrogens (primary N) is 1. The van der Waals surface area contributed by atoms with E-state index < -0.39 is 18.5 Å². The third-order valence-electron chi connectivity index (χ3n) is 3.80. The van der Waals surface area contributed by atoms with E-state index in [1.54, 1.807) is 35.2 Å². The lowest BCUT2D eigenvalue weighted by Gasteiger charge is -2.13. The monoisotopic (exact) mass is 467 g/mol. The summed E-state index contributed by atoms with van der Waals surface area (Å²) >= 11 is 2.05. The van der Waals surface area contributed by atoms with Crippen LogP contribution in [-0.2, 0) is 14.2 Å². The summed E-state index contributed by atoms with van der Waals surface area (Å²) in [5, 5.41) is 0. The van der Waals surface area contributed by atoms with Gasteiger partial charge in [-0.05, 0) is 34.7 Å². The number of nitrogens with zero attached hydrogens (tertiary/aromatic N) is 4. The predicted molar refractivity (Wildman–Crippen MR) is 99.0 cm³/mol. The highest BCUT2D eigenvalue weighted by Crippen LogP contribution is 2.26. The maximum absolute atomic E-state index is 12.0. The minimum atomic E-state index is -0.664. The number of carbonyl (C=O) groups is 1. The van der Waals surface area contributed by atoms with E-state index in [9.17, 15) is 4.79 Å². The van der Waals surface area contributed by atoms with Crippen LogP contribution in [-0.4, -0.2) is 45.0 Å². The Bertz CT molecular complexity index is 948. The van der Waals surface area contributed by atoms with Crippen molar-refractivity contribution in [2.24, 2.45) is 0 Å². The molecule has 2 N–H and O–H groups in total. The van der Waals surface area contributed by atoms with Crippen molar-refractivity contribution in [3.63, 3.8) is 0 Å². The van der Waals surface area contributed by atoms with Gasteiger partial charge in [0.1, 0.15) is 15.8 Å². The van der Waals surface area contributed by atoms with Crippen molar-refractivity contribution in [1.82, 2.24) is 19.5 Å². The Labute approximate surface area is 161 Å². The molecule has 2 atom stereocenters. The molecule has 0 bridgehead atoms. The van der Waals surface area contributed by atoms with Gasteiger partial charge in [-0.2, -0.15) is 4.98 Å². The number of esters is 1. The van der Waals surface area contributed by atoms with Crippen molar-refractivity contribution >= 4 is 45.7 Å². The zero-order chi connectivity index (χ0) is 18.1. The number of nitrogen functional groups attached to an aromatic ring is 1. The summed E-state index contributed by atoms with van der Waals surface area (Å²) < 4.78 is 19.0. The smallest absolute Gasteiger partial charge is 0.338 e. The Morgan fingerprint density at radius 1 is 1.35 bits per heavy atom. The van der Waals surface area contributed by atoms with Crippen LogP contribution in [0.1, 0.15) is 16.6 Å². The summed E-state index contributed by atoms with van der Waals surface area (Å²) in [5.74, 6) is -0.264. The fraction of sp³-hybridized carbons (Fsp3) is 0.250. The quantitative estimate of drug-likeness (QED) is 0.351. The first-order chi connectivity index (χ1) is 12.6. The second-order valence-electron chi connectivity index (χ2n) is 5.51. The van der Waals surface area contributed by atoms with E-state index in [0.29, 0.717) is 20.4 Å². The fourth-order valence-corrected chi connectivity index (χ4v) is 3.21. The molecule has 1 fully saturated rings. The molecule has 0 radical (unpaired) electrons. The van der Waals surface area contributed by atoms with Gasteiger partial charge < -0.3 is 19.9 Å². The number of hydrogen-bond acceptors (Lipinski definition) is 8. The number of benzene rings is 1. The molecular formula is C16H14IN5O4. The number of hydrogen-bond donors (Lipinski definition) is 1. The van der Waals surface area contributed by atoms with Crippen LogP contribution in [0.25, 0.3) is 11.2 Å². The number of aromatic nitrogens is 4. The van der Waals surface area contributed by atoms with Gasteiger partial charge in [0.15, 0.2) is 18.2 Å². The summed E-state index contributed by atoms with van der Waals surface area (Å²) in [6.45, 7) is 0.269. The van der Waals surface area contributed by atoms with Crippen molar-refractivity contribution < 1.29 is 19.0 Å². The maximum atomic E-state index is 12.0. The molecule has 1 unspecified atom stereocenters. The van der Waals surface area contributed by atoms with Crippen LogP contribution in [0.3, 0.4) is 0 Å². The van der Waals surface area contributed by atoms with Gasteiger partial charge in [-0.25, -0.2) is 14.8 Å². The number of rotatable bonds is 4. The molecule has 1 aliphatic rings. The highest BCUT2D eigenvalue weighted by atomic mass is 127. The van der Waals surface area contributed by atoms with E-state index in [0.717, 1.165) is 0 Å². The minimum Gasteiger partial charge on any atom is -0.457 e. The topological polar surface area (TPSA) is 114 Å². The van der Waals surface area contributed by atoms with Crippen molar-refractivity contribution in [3.8, 4) is 0 Å². The van der Waals surface area contributed by atoms with Crippen molar-refractivity contribution in [3.05, 3.63) is 45.9 Å². The zero-order valence-electron chi connectivity index (χ0n) is 13.4. The third kappa shape index (κ3) is 3.34. The van der Waals surface area contributed by atoms with E-state index in [4.69, 9.17) is 19.9 Å². The van der Waals surface area contributed by atoms with Gasteiger partial charge in [-0.3, -0.25) is 4.57 Å². The number of halogens is 1. The number of ether oxygens (including phenoxy) is 3. The van der Waals surface area contributed by atoms with Crippen LogP contribution in [0.15, 0.2) is 36.7 Å². The molecule has 1 aliphatic heterocycles. The Morgan fingerprint density at radius 2 is 2.15 bits per heavy atom. The van der Waals surface area contributed by atoms with Gasteiger partial charge in [0.05, 0.1) is 18.5 Å². The van der Waals surface area contributed by atoms with Crippen LogP contribution >= 0.6 is 22.6 Å². The molecule has 134 valence electrons. The summed E-state index contributed by atoms with van der Waals surface area (Å²) in [7, 11) is 0. The molecule has 3 heterocycles. The van der Waals surface area contributed by atoms with Crippen molar-refractivity contribution in [1.29, 1.82) is 0 Å². The SMILES string of the molecule is Nc1nc(I)c2ncn(C3CO[C@@H](COC(=O)c4ccccc4)O3)c2n1. The average molecular weight is 467 g/mol. The number of anilines is 1. The second-order valence-corrected chi connectivity index (χ2v) is 6.54. The largest absolute Gasteiger partial charge is 0.457 e. The molecule has 1 saturated heterocycles. The molecule has 2 aromatic heterocycles. The molecule has 1 aromatic carbocycles. The van der Waals surface area contributed by atoms with Crippen LogP contribution in [0.4, 0.5) is 5.95 Å². The summed E-state index contributed by atoms with van der Waals surface area (Å²) in [5.41, 5.74) is 7.40. The highest BCUT2D eigenvalue weighted by molar-refractivity contribution is 14.1. The van der Waals surface area contributed by atoms with Crippen LogP contribution in [0.2, 0.25) is 0 Å². The van der Waals surface area contributed by atoms with Crippen molar-refractivity contribution in [2.45, 2.75) is 12.5 Å². The average Bonchev–Trinajstić information content (AvgIpc) is 3.27. The predicted octanol–water partition coefficient (Wildman–Crippen LogP) is 1.74. The minimum absolute atomic E-state index is 0.00842. The van der Waals surface area contributed by atoms with Gasteiger partial charge in [0.2, 0.25) is 5.95 Å². The Morgan fingerprint density at radius 3 is 2.96 bits per heavy atom. The Kier molecular flexibility index (Phi) is 4.70. The lowest BCUT2D eigenvalue weighted by Crippen LogP contribution is -2.20. The summed E-state index contributed by atoms with van der Waals surface area (Å²) in [6, 6.07) is 8.75. The standard InChI is InChI=1S/C16H14IN5O4/c17-13-12-14(21-16(18)20-13)22(8-19-12)10-6-24-11(26-10)7-25-15(23)9-4-2-1-3-5-9/h1-5,8,10-11H,6-7H2,(H2,18,20,21)/t10?,11-/m1/s1. The lowest BCUT2D eigenvalue weighted by molar-refractivity contribution is -0.102. The van der Waals surface area contributed by atoms with Gasteiger partial charge in [-0.1, -0.05) is 18.2 Å². The lowest BCUT2D eigenvalue weighted by atomic mass is 10.2.